The Morgan fingerprint density at radius 2 is 1.43 bits per heavy atom. The molecule has 4 rings (SSSR count). The van der Waals surface area contributed by atoms with Crippen molar-refractivity contribution in [3.05, 3.63) is 131 Å². The minimum absolute atomic E-state index is 0.116. The molecular formula is C30H28N2O3. The lowest BCUT2D eigenvalue weighted by molar-refractivity contribution is 0.0784. The van der Waals surface area contributed by atoms with Crippen LogP contribution in [-0.4, -0.2) is 30.4 Å². The van der Waals surface area contributed by atoms with Gasteiger partial charge in [-0.05, 0) is 41.5 Å². The molecule has 0 aliphatic rings. The van der Waals surface area contributed by atoms with Gasteiger partial charge in [-0.2, -0.15) is 0 Å². The summed E-state index contributed by atoms with van der Waals surface area (Å²) in [5.41, 5.74) is 3.73. The minimum Gasteiger partial charge on any atom is -0.492 e. The second-order valence-electron chi connectivity index (χ2n) is 8.26. The van der Waals surface area contributed by atoms with Gasteiger partial charge in [0.2, 0.25) is 0 Å². The molecule has 0 saturated heterocycles. The number of benzene rings is 4. The van der Waals surface area contributed by atoms with E-state index in [9.17, 15) is 9.59 Å². The number of rotatable bonds is 9. The molecule has 0 aliphatic carbocycles. The second-order valence-corrected chi connectivity index (χ2v) is 8.26. The molecule has 4 aromatic carbocycles. The van der Waals surface area contributed by atoms with Crippen LogP contribution >= 0.6 is 0 Å². The molecule has 176 valence electrons. The van der Waals surface area contributed by atoms with Gasteiger partial charge in [-0.1, -0.05) is 78.9 Å². The first-order chi connectivity index (χ1) is 17.1. The molecule has 0 saturated carbocycles. The summed E-state index contributed by atoms with van der Waals surface area (Å²) in [7, 11) is 1.77. The van der Waals surface area contributed by atoms with Crippen molar-refractivity contribution < 1.29 is 14.3 Å². The molecule has 0 heterocycles. The van der Waals surface area contributed by atoms with E-state index in [1.54, 1.807) is 54.4 Å². The van der Waals surface area contributed by atoms with Crippen molar-refractivity contribution in [2.75, 3.05) is 19.0 Å². The zero-order chi connectivity index (χ0) is 24.5. The van der Waals surface area contributed by atoms with E-state index in [1.807, 2.05) is 66.7 Å². The highest BCUT2D eigenvalue weighted by Crippen LogP contribution is 2.21. The summed E-state index contributed by atoms with van der Waals surface area (Å²) in [6, 6.07) is 34.0. The highest BCUT2D eigenvalue weighted by atomic mass is 16.5. The van der Waals surface area contributed by atoms with Gasteiger partial charge in [-0.3, -0.25) is 9.59 Å². The van der Waals surface area contributed by atoms with Gasteiger partial charge in [0.1, 0.15) is 5.75 Å². The molecule has 0 unspecified atom stereocenters. The van der Waals surface area contributed by atoms with E-state index in [-0.39, 0.29) is 11.8 Å². The Morgan fingerprint density at radius 1 is 0.771 bits per heavy atom. The summed E-state index contributed by atoms with van der Waals surface area (Å²) in [4.78, 5) is 27.6. The Balaban J connectivity index is 1.40. The number of hydrogen-bond donors (Lipinski definition) is 1. The van der Waals surface area contributed by atoms with E-state index < -0.39 is 0 Å². The normalized spacial score (nSPS) is 10.4. The lowest BCUT2D eigenvalue weighted by atomic mass is 10.1. The first-order valence-electron chi connectivity index (χ1n) is 11.6. The molecule has 0 spiro atoms. The number of anilines is 1. The van der Waals surface area contributed by atoms with Gasteiger partial charge in [0, 0.05) is 31.3 Å². The molecule has 5 heteroatoms. The molecule has 5 nitrogen and oxygen atoms in total. The maximum absolute atomic E-state index is 13.0. The molecule has 0 aromatic heterocycles. The Kier molecular flexibility index (Phi) is 7.92. The Hall–Kier alpha value is -4.38. The zero-order valence-corrected chi connectivity index (χ0v) is 19.7. The number of hydrogen-bond acceptors (Lipinski definition) is 3. The quantitative estimate of drug-likeness (QED) is 0.339. The SMILES string of the molecule is CN(Cc1ccccc1)C(=O)c1cccc(NC(=O)c2ccccc2OCCc2ccccc2)c1. The number of para-hydroxylation sites is 1. The lowest BCUT2D eigenvalue weighted by Crippen LogP contribution is -2.26. The fourth-order valence-electron chi connectivity index (χ4n) is 3.78. The largest absolute Gasteiger partial charge is 0.492 e. The molecule has 0 radical (unpaired) electrons. The molecule has 0 fully saturated rings. The highest BCUT2D eigenvalue weighted by Gasteiger charge is 2.15. The number of ether oxygens (including phenoxy) is 1. The van der Waals surface area contributed by atoms with Crippen molar-refractivity contribution >= 4 is 17.5 Å². The smallest absolute Gasteiger partial charge is 0.259 e. The number of carbonyl (C=O) groups is 2. The summed E-state index contributed by atoms with van der Waals surface area (Å²) in [5.74, 6) is 0.118. The second kappa shape index (κ2) is 11.7. The summed E-state index contributed by atoms with van der Waals surface area (Å²) in [6.07, 6.45) is 0.747. The van der Waals surface area contributed by atoms with Crippen LogP contribution in [0.2, 0.25) is 0 Å². The number of nitrogens with zero attached hydrogens (tertiary/aromatic N) is 1. The van der Waals surface area contributed by atoms with Crippen molar-refractivity contribution in [2.24, 2.45) is 0 Å². The molecular weight excluding hydrogens is 436 g/mol. The summed E-state index contributed by atoms with van der Waals surface area (Å²) in [5, 5.41) is 2.90. The van der Waals surface area contributed by atoms with Crippen molar-refractivity contribution in [1.29, 1.82) is 0 Å². The zero-order valence-electron chi connectivity index (χ0n) is 19.7. The predicted molar refractivity (Wildman–Crippen MR) is 139 cm³/mol. The van der Waals surface area contributed by atoms with Crippen LogP contribution in [0.5, 0.6) is 5.75 Å². The van der Waals surface area contributed by atoms with Crippen molar-refractivity contribution in [1.82, 2.24) is 4.90 Å². The third-order valence-electron chi connectivity index (χ3n) is 5.60. The first kappa shape index (κ1) is 23.8. The van der Waals surface area contributed by atoms with Gasteiger partial charge >= 0.3 is 0 Å². The average molecular weight is 465 g/mol. The number of carbonyl (C=O) groups excluding carboxylic acids is 2. The highest BCUT2D eigenvalue weighted by molar-refractivity contribution is 6.06. The molecule has 0 atom stereocenters. The Morgan fingerprint density at radius 3 is 2.17 bits per heavy atom. The van der Waals surface area contributed by atoms with Crippen LogP contribution in [0.25, 0.3) is 0 Å². The predicted octanol–water partition coefficient (Wildman–Crippen LogP) is 5.83. The topological polar surface area (TPSA) is 58.6 Å². The van der Waals surface area contributed by atoms with Crippen molar-refractivity contribution in [2.45, 2.75) is 13.0 Å². The van der Waals surface area contributed by atoms with Crippen LogP contribution in [0, 0.1) is 0 Å². The molecule has 2 amide bonds. The van der Waals surface area contributed by atoms with Gasteiger partial charge in [0.15, 0.2) is 0 Å². The third-order valence-corrected chi connectivity index (χ3v) is 5.60. The van der Waals surface area contributed by atoms with Gasteiger partial charge in [-0.15, -0.1) is 0 Å². The van der Waals surface area contributed by atoms with Crippen LogP contribution in [0.15, 0.2) is 109 Å². The van der Waals surface area contributed by atoms with Crippen LogP contribution in [0.3, 0.4) is 0 Å². The number of nitrogens with one attached hydrogen (secondary N) is 1. The standard InChI is InChI=1S/C30H28N2O3/c1-32(22-24-13-6-3-7-14-24)30(34)25-15-10-16-26(21-25)31-29(33)27-17-8-9-18-28(27)35-20-19-23-11-4-2-5-12-23/h2-18,21H,19-20,22H2,1H3,(H,31,33). The van der Waals surface area contributed by atoms with Gasteiger partial charge in [0.25, 0.3) is 11.8 Å². The monoisotopic (exact) mass is 464 g/mol. The van der Waals surface area contributed by atoms with Gasteiger partial charge < -0.3 is 15.0 Å². The van der Waals surface area contributed by atoms with E-state index in [1.165, 1.54) is 5.56 Å². The number of amides is 2. The maximum Gasteiger partial charge on any atom is 0.259 e. The molecule has 1 N–H and O–H groups in total. The van der Waals surface area contributed by atoms with E-state index in [0.29, 0.717) is 35.7 Å². The Bertz CT molecular complexity index is 1270. The van der Waals surface area contributed by atoms with Crippen molar-refractivity contribution in [3.8, 4) is 5.75 Å². The average Bonchev–Trinajstić information content (AvgIpc) is 2.90. The molecule has 0 bridgehead atoms. The fraction of sp³-hybridized carbons (Fsp3) is 0.133. The molecule has 0 aliphatic heterocycles. The van der Waals surface area contributed by atoms with Crippen molar-refractivity contribution in [3.63, 3.8) is 0 Å². The molecule has 4 aromatic rings. The van der Waals surface area contributed by atoms with Gasteiger partial charge in [-0.25, -0.2) is 0 Å². The van der Waals surface area contributed by atoms with Crippen LogP contribution in [0.1, 0.15) is 31.8 Å². The van der Waals surface area contributed by atoms with Crippen LogP contribution in [-0.2, 0) is 13.0 Å². The van der Waals surface area contributed by atoms with Crippen LogP contribution in [0.4, 0.5) is 5.69 Å². The maximum atomic E-state index is 13.0. The van der Waals surface area contributed by atoms with E-state index in [0.717, 1.165) is 12.0 Å². The van der Waals surface area contributed by atoms with E-state index in [2.05, 4.69) is 5.32 Å². The Labute approximate surface area is 206 Å². The van der Waals surface area contributed by atoms with Crippen LogP contribution < -0.4 is 10.1 Å². The minimum atomic E-state index is -0.289. The third kappa shape index (κ3) is 6.58. The van der Waals surface area contributed by atoms with E-state index in [4.69, 9.17) is 4.74 Å². The summed E-state index contributed by atoms with van der Waals surface area (Å²) in [6.45, 7) is 0.968. The summed E-state index contributed by atoms with van der Waals surface area (Å²) < 4.78 is 5.93. The summed E-state index contributed by atoms with van der Waals surface area (Å²) >= 11 is 0. The lowest BCUT2D eigenvalue weighted by Gasteiger charge is -2.18. The molecule has 35 heavy (non-hydrogen) atoms. The van der Waals surface area contributed by atoms with Gasteiger partial charge in [0.05, 0.1) is 12.2 Å². The van der Waals surface area contributed by atoms with E-state index >= 15 is 0 Å². The fourth-order valence-corrected chi connectivity index (χ4v) is 3.78. The first-order valence-corrected chi connectivity index (χ1v) is 11.6.